The van der Waals surface area contributed by atoms with Gasteiger partial charge < -0.3 is 4.90 Å². The van der Waals surface area contributed by atoms with Crippen molar-refractivity contribution in [1.29, 1.82) is 0 Å². The van der Waals surface area contributed by atoms with Crippen LogP contribution in [-0.2, 0) is 12.8 Å². The van der Waals surface area contributed by atoms with Crippen LogP contribution >= 0.6 is 11.3 Å². The molecular weight excluding hydrogens is 242 g/mol. The van der Waals surface area contributed by atoms with Gasteiger partial charge in [-0.1, -0.05) is 0 Å². The molecule has 0 radical (unpaired) electrons. The van der Waals surface area contributed by atoms with Gasteiger partial charge in [-0.2, -0.15) is 0 Å². The van der Waals surface area contributed by atoms with E-state index in [1.54, 1.807) is 10.4 Å². The lowest BCUT2D eigenvalue weighted by Gasteiger charge is -2.33. The van der Waals surface area contributed by atoms with Gasteiger partial charge in [0.1, 0.15) is 16.5 Å². The fraction of sp³-hybridized carbons (Fsp3) is 0.571. The molecule has 0 atom stereocenters. The van der Waals surface area contributed by atoms with E-state index in [9.17, 15) is 0 Å². The average molecular weight is 259 g/mol. The van der Waals surface area contributed by atoms with Crippen molar-refractivity contribution < 1.29 is 0 Å². The molecule has 0 spiro atoms. The zero-order valence-corrected chi connectivity index (χ0v) is 11.5. The largest absolute Gasteiger partial charge is 0.356 e. The molecule has 3 nitrogen and oxygen atoms in total. The van der Waals surface area contributed by atoms with Crippen LogP contribution < -0.4 is 4.90 Å². The summed E-state index contributed by atoms with van der Waals surface area (Å²) in [5.74, 6) is 2.13. The maximum atomic E-state index is 4.73. The minimum absolute atomic E-state index is 0.919. The van der Waals surface area contributed by atoms with Gasteiger partial charge in [-0.05, 0) is 44.6 Å². The van der Waals surface area contributed by atoms with Crippen LogP contribution in [0.25, 0.3) is 10.2 Å². The number of thiophene rings is 1. The molecule has 0 aromatic carbocycles. The third-order valence-corrected chi connectivity index (χ3v) is 5.25. The molecule has 0 N–H and O–H groups in total. The van der Waals surface area contributed by atoms with E-state index in [0.717, 1.165) is 18.9 Å². The summed E-state index contributed by atoms with van der Waals surface area (Å²) in [6, 6.07) is 0. The molecule has 1 aliphatic carbocycles. The van der Waals surface area contributed by atoms with Crippen molar-refractivity contribution in [3.63, 3.8) is 0 Å². The van der Waals surface area contributed by atoms with E-state index in [2.05, 4.69) is 9.88 Å². The van der Waals surface area contributed by atoms with E-state index in [1.165, 1.54) is 48.1 Å². The van der Waals surface area contributed by atoms with Crippen LogP contribution in [0.1, 0.15) is 35.5 Å². The lowest BCUT2D eigenvalue weighted by atomic mass is 9.96. The zero-order chi connectivity index (χ0) is 12.1. The number of aryl methyl sites for hydroxylation is 3. The van der Waals surface area contributed by atoms with E-state index in [0.29, 0.717) is 0 Å². The third-order valence-electron chi connectivity index (χ3n) is 4.06. The van der Waals surface area contributed by atoms with E-state index < -0.39 is 0 Å². The van der Waals surface area contributed by atoms with Crippen molar-refractivity contribution in [3.8, 4) is 0 Å². The summed E-state index contributed by atoms with van der Waals surface area (Å²) >= 11 is 1.90. The van der Waals surface area contributed by atoms with E-state index >= 15 is 0 Å². The van der Waals surface area contributed by atoms with Crippen LogP contribution in [0, 0.1) is 6.92 Å². The van der Waals surface area contributed by atoms with Crippen molar-refractivity contribution in [3.05, 3.63) is 16.3 Å². The molecule has 0 saturated carbocycles. The smallest absolute Gasteiger partial charge is 0.141 e. The normalized spacial score (nSPS) is 18.8. The standard InChI is InChI=1S/C14H17N3S/c1-9-15-13(17-7-4-8-17)12-10-5-2-3-6-11(10)18-14(12)16-9/h2-8H2,1H3. The van der Waals surface area contributed by atoms with Crippen molar-refractivity contribution >= 4 is 27.4 Å². The fourth-order valence-electron chi connectivity index (χ4n) is 3.00. The Hall–Kier alpha value is -1.16. The third kappa shape index (κ3) is 1.48. The Bertz CT molecular complexity index is 613. The summed E-state index contributed by atoms with van der Waals surface area (Å²) in [5.41, 5.74) is 1.56. The summed E-state index contributed by atoms with van der Waals surface area (Å²) in [7, 11) is 0. The lowest BCUT2D eigenvalue weighted by molar-refractivity contribution is 0.610. The monoisotopic (exact) mass is 259 g/mol. The first kappa shape index (κ1) is 10.7. The number of aromatic nitrogens is 2. The van der Waals surface area contributed by atoms with Crippen LogP contribution in [-0.4, -0.2) is 23.1 Å². The molecular formula is C14H17N3S. The highest BCUT2D eigenvalue weighted by molar-refractivity contribution is 7.19. The molecule has 1 aliphatic heterocycles. The number of hydrogen-bond acceptors (Lipinski definition) is 4. The summed E-state index contributed by atoms with van der Waals surface area (Å²) in [5, 5.41) is 1.38. The molecule has 0 unspecified atom stereocenters. The second-order valence-electron chi connectivity index (χ2n) is 5.33. The number of anilines is 1. The summed E-state index contributed by atoms with van der Waals surface area (Å²) in [6.07, 6.45) is 6.44. The van der Waals surface area contributed by atoms with Crippen molar-refractivity contribution in [1.82, 2.24) is 9.97 Å². The Morgan fingerprint density at radius 2 is 1.89 bits per heavy atom. The van der Waals surface area contributed by atoms with Crippen molar-refractivity contribution in [2.24, 2.45) is 0 Å². The second-order valence-corrected chi connectivity index (χ2v) is 6.41. The maximum absolute atomic E-state index is 4.73. The van der Waals surface area contributed by atoms with Gasteiger partial charge in [0.2, 0.25) is 0 Å². The highest BCUT2D eigenvalue weighted by Gasteiger charge is 2.25. The molecule has 0 amide bonds. The van der Waals surface area contributed by atoms with E-state index in [1.807, 2.05) is 18.3 Å². The van der Waals surface area contributed by atoms with E-state index in [-0.39, 0.29) is 0 Å². The Morgan fingerprint density at radius 3 is 2.67 bits per heavy atom. The van der Waals surface area contributed by atoms with Crippen molar-refractivity contribution in [2.75, 3.05) is 18.0 Å². The second kappa shape index (κ2) is 3.92. The molecule has 2 aliphatic rings. The fourth-order valence-corrected chi connectivity index (χ4v) is 4.30. The van der Waals surface area contributed by atoms with Gasteiger partial charge in [-0.25, -0.2) is 9.97 Å². The molecule has 1 fully saturated rings. The molecule has 18 heavy (non-hydrogen) atoms. The van der Waals surface area contributed by atoms with Gasteiger partial charge in [-0.15, -0.1) is 11.3 Å². The van der Waals surface area contributed by atoms with Gasteiger partial charge in [0, 0.05) is 18.0 Å². The quantitative estimate of drug-likeness (QED) is 0.788. The molecule has 3 heterocycles. The van der Waals surface area contributed by atoms with Gasteiger partial charge in [0.15, 0.2) is 0 Å². The highest BCUT2D eigenvalue weighted by atomic mass is 32.1. The first-order chi connectivity index (χ1) is 8.83. The Morgan fingerprint density at radius 1 is 1.06 bits per heavy atom. The number of rotatable bonds is 1. The number of nitrogens with zero attached hydrogens (tertiary/aromatic N) is 3. The molecule has 4 rings (SSSR count). The Kier molecular flexibility index (Phi) is 2.34. The molecule has 1 saturated heterocycles. The summed E-state index contributed by atoms with van der Waals surface area (Å²) in [4.78, 5) is 14.6. The number of hydrogen-bond donors (Lipinski definition) is 0. The topological polar surface area (TPSA) is 29.0 Å². The molecule has 4 heteroatoms. The van der Waals surface area contributed by atoms with Gasteiger partial charge >= 0.3 is 0 Å². The van der Waals surface area contributed by atoms with Crippen LogP contribution in [0.4, 0.5) is 5.82 Å². The lowest BCUT2D eigenvalue weighted by Crippen LogP contribution is -2.38. The maximum Gasteiger partial charge on any atom is 0.141 e. The molecule has 0 bridgehead atoms. The van der Waals surface area contributed by atoms with Gasteiger partial charge in [0.25, 0.3) is 0 Å². The SMILES string of the molecule is Cc1nc(N2CCC2)c2c3c(sc2n1)CCCC3. The molecule has 2 aromatic rings. The van der Waals surface area contributed by atoms with Crippen molar-refractivity contribution in [2.45, 2.75) is 39.0 Å². The Balaban J connectivity index is 1.99. The van der Waals surface area contributed by atoms with Gasteiger partial charge in [0.05, 0.1) is 5.39 Å². The summed E-state index contributed by atoms with van der Waals surface area (Å²) < 4.78 is 0. The zero-order valence-electron chi connectivity index (χ0n) is 10.7. The molecule has 2 aromatic heterocycles. The first-order valence-electron chi connectivity index (χ1n) is 6.87. The van der Waals surface area contributed by atoms with Crippen LogP contribution in [0.15, 0.2) is 0 Å². The highest BCUT2D eigenvalue weighted by Crippen LogP contribution is 2.40. The number of fused-ring (bicyclic) bond motifs is 3. The van der Waals surface area contributed by atoms with Crippen LogP contribution in [0.2, 0.25) is 0 Å². The predicted octanol–water partition coefficient (Wildman–Crippen LogP) is 3.09. The minimum atomic E-state index is 0.919. The minimum Gasteiger partial charge on any atom is -0.356 e. The Labute approximate surface area is 111 Å². The molecule has 94 valence electrons. The van der Waals surface area contributed by atoms with E-state index in [4.69, 9.17) is 4.98 Å². The first-order valence-corrected chi connectivity index (χ1v) is 7.68. The van der Waals surface area contributed by atoms with Crippen LogP contribution in [0.5, 0.6) is 0 Å². The van der Waals surface area contributed by atoms with Gasteiger partial charge in [-0.3, -0.25) is 0 Å². The van der Waals surface area contributed by atoms with Crippen LogP contribution in [0.3, 0.4) is 0 Å². The predicted molar refractivity (Wildman–Crippen MR) is 75.6 cm³/mol. The average Bonchev–Trinajstić information content (AvgIpc) is 2.64. The summed E-state index contributed by atoms with van der Waals surface area (Å²) in [6.45, 7) is 4.34.